The highest BCUT2D eigenvalue weighted by atomic mass is 16.5. The number of imidazole rings is 1. The lowest BCUT2D eigenvalue weighted by Crippen LogP contribution is -2.44. The van der Waals surface area contributed by atoms with E-state index < -0.39 is 0 Å². The highest BCUT2D eigenvalue weighted by molar-refractivity contribution is 5.69. The molecule has 0 amide bonds. The zero-order valence-electron chi connectivity index (χ0n) is 9.05. The van der Waals surface area contributed by atoms with Gasteiger partial charge in [0, 0.05) is 6.54 Å². The number of aromatic amines is 1. The van der Waals surface area contributed by atoms with E-state index in [9.17, 15) is 0 Å². The Balaban J connectivity index is 1.97. The molecular formula is C10H13N5O. The second-order valence-electron chi connectivity index (χ2n) is 3.93. The standard InChI is InChI=1S/C10H13N5O/c1-7-5-16-3-2-15(7)10-11-4-8-9(14-10)13-6-12-8/h4,6-7H,2-3,5H2,1H3,(H,11,12,13,14). The molecule has 1 saturated heterocycles. The van der Waals surface area contributed by atoms with E-state index in [4.69, 9.17) is 4.74 Å². The number of anilines is 1. The third-order valence-electron chi connectivity index (χ3n) is 2.79. The van der Waals surface area contributed by atoms with Crippen LogP contribution in [0.5, 0.6) is 0 Å². The number of nitrogens with zero attached hydrogens (tertiary/aromatic N) is 4. The molecule has 2 aromatic heterocycles. The fraction of sp³-hybridized carbons (Fsp3) is 0.500. The SMILES string of the molecule is CC1COCCN1c1ncc2[nH]cnc2n1. The highest BCUT2D eigenvalue weighted by Crippen LogP contribution is 2.16. The molecule has 3 heterocycles. The van der Waals surface area contributed by atoms with Crippen molar-refractivity contribution in [3.05, 3.63) is 12.5 Å². The summed E-state index contributed by atoms with van der Waals surface area (Å²) < 4.78 is 5.39. The maximum absolute atomic E-state index is 5.39. The first-order valence-electron chi connectivity index (χ1n) is 5.35. The summed E-state index contributed by atoms with van der Waals surface area (Å²) in [5.74, 6) is 0.732. The van der Waals surface area contributed by atoms with Crippen molar-refractivity contribution in [1.82, 2.24) is 19.9 Å². The van der Waals surface area contributed by atoms with Gasteiger partial charge in [0.2, 0.25) is 5.95 Å². The van der Waals surface area contributed by atoms with E-state index in [1.54, 1.807) is 12.5 Å². The largest absolute Gasteiger partial charge is 0.377 e. The molecule has 84 valence electrons. The molecular weight excluding hydrogens is 206 g/mol. The number of aromatic nitrogens is 4. The van der Waals surface area contributed by atoms with Gasteiger partial charge in [-0.3, -0.25) is 0 Å². The number of hydrogen-bond acceptors (Lipinski definition) is 5. The van der Waals surface area contributed by atoms with E-state index >= 15 is 0 Å². The van der Waals surface area contributed by atoms with Gasteiger partial charge in [-0.25, -0.2) is 9.97 Å². The van der Waals surface area contributed by atoms with E-state index in [2.05, 4.69) is 31.8 Å². The van der Waals surface area contributed by atoms with E-state index in [1.807, 2.05) is 0 Å². The molecule has 1 unspecified atom stereocenters. The summed E-state index contributed by atoms with van der Waals surface area (Å²) >= 11 is 0. The molecule has 0 radical (unpaired) electrons. The fourth-order valence-electron chi connectivity index (χ4n) is 1.89. The second kappa shape index (κ2) is 3.71. The van der Waals surface area contributed by atoms with Gasteiger partial charge in [0.05, 0.1) is 31.8 Å². The maximum atomic E-state index is 5.39. The van der Waals surface area contributed by atoms with Crippen LogP contribution in [0.3, 0.4) is 0 Å². The van der Waals surface area contributed by atoms with Crippen LogP contribution in [0.4, 0.5) is 5.95 Å². The van der Waals surface area contributed by atoms with Crippen LogP contribution in [0.2, 0.25) is 0 Å². The van der Waals surface area contributed by atoms with Crippen molar-refractivity contribution >= 4 is 17.1 Å². The molecule has 6 heteroatoms. The summed E-state index contributed by atoms with van der Waals surface area (Å²) in [5.41, 5.74) is 1.58. The van der Waals surface area contributed by atoms with Gasteiger partial charge in [0.1, 0.15) is 5.52 Å². The van der Waals surface area contributed by atoms with Crippen LogP contribution in [-0.2, 0) is 4.74 Å². The number of ether oxygens (including phenoxy) is 1. The Morgan fingerprint density at radius 2 is 2.44 bits per heavy atom. The Morgan fingerprint density at radius 3 is 3.31 bits per heavy atom. The summed E-state index contributed by atoms with van der Waals surface area (Å²) in [6.07, 6.45) is 3.40. The minimum Gasteiger partial charge on any atom is -0.377 e. The van der Waals surface area contributed by atoms with Crippen LogP contribution in [0.1, 0.15) is 6.92 Å². The molecule has 1 aliphatic rings. The van der Waals surface area contributed by atoms with Crippen molar-refractivity contribution < 1.29 is 4.74 Å². The first-order chi connectivity index (χ1) is 7.84. The molecule has 6 nitrogen and oxygen atoms in total. The van der Waals surface area contributed by atoms with Gasteiger partial charge in [-0.1, -0.05) is 0 Å². The van der Waals surface area contributed by atoms with E-state index in [-0.39, 0.29) is 0 Å². The molecule has 1 fully saturated rings. The molecule has 16 heavy (non-hydrogen) atoms. The zero-order chi connectivity index (χ0) is 11.0. The molecule has 0 aliphatic carbocycles. The quantitative estimate of drug-likeness (QED) is 0.759. The molecule has 3 rings (SSSR count). The molecule has 0 saturated carbocycles. The van der Waals surface area contributed by atoms with E-state index in [0.717, 1.165) is 31.2 Å². The number of nitrogens with one attached hydrogen (secondary N) is 1. The van der Waals surface area contributed by atoms with Crippen LogP contribution in [0.15, 0.2) is 12.5 Å². The molecule has 1 aliphatic heterocycles. The van der Waals surface area contributed by atoms with Gasteiger partial charge >= 0.3 is 0 Å². The minimum atomic E-state index is 0.310. The van der Waals surface area contributed by atoms with Gasteiger partial charge in [-0.15, -0.1) is 0 Å². The molecule has 1 atom stereocenters. The topological polar surface area (TPSA) is 66.9 Å². The van der Waals surface area contributed by atoms with Crippen LogP contribution < -0.4 is 4.90 Å². The number of rotatable bonds is 1. The van der Waals surface area contributed by atoms with Gasteiger partial charge in [-0.2, -0.15) is 4.98 Å². The van der Waals surface area contributed by atoms with Crippen molar-refractivity contribution in [1.29, 1.82) is 0 Å². The smallest absolute Gasteiger partial charge is 0.227 e. The van der Waals surface area contributed by atoms with Gasteiger partial charge in [-0.05, 0) is 6.92 Å². The summed E-state index contributed by atoms with van der Waals surface area (Å²) in [6.45, 7) is 4.39. The van der Waals surface area contributed by atoms with Gasteiger partial charge in [0.25, 0.3) is 0 Å². The van der Waals surface area contributed by atoms with Crippen molar-refractivity contribution in [2.24, 2.45) is 0 Å². The second-order valence-corrected chi connectivity index (χ2v) is 3.93. The Hall–Kier alpha value is -1.69. The molecule has 0 spiro atoms. The van der Waals surface area contributed by atoms with Gasteiger partial charge in [0.15, 0.2) is 5.65 Å². The van der Waals surface area contributed by atoms with Crippen LogP contribution in [0.25, 0.3) is 11.2 Å². The van der Waals surface area contributed by atoms with Gasteiger partial charge < -0.3 is 14.6 Å². The Bertz CT molecular complexity index is 497. The van der Waals surface area contributed by atoms with Crippen molar-refractivity contribution in [2.45, 2.75) is 13.0 Å². The van der Waals surface area contributed by atoms with Crippen LogP contribution in [-0.4, -0.2) is 45.7 Å². The van der Waals surface area contributed by atoms with Crippen LogP contribution in [0, 0.1) is 0 Å². The average Bonchev–Trinajstić information content (AvgIpc) is 2.76. The normalized spacial score (nSPS) is 21.6. The van der Waals surface area contributed by atoms with E-state index in [0.29, 0.717) is 11.7 Å². The predicted molar refractivity (Wildman–Crippen MR) is 59.3 cm³/mol. The summed E-state index contributed by atoms with van der Waals surface area (Å²) in [7, 11) is 0. The number of hydrogen-bond donors (Lipinski definition) is 1. The summed E-state index contributed by atoms with van der Waals surface area (Å²) in [6, 6.07) is 0.310. The number of morpholine rings is 1. The highest BCUT2D eigenvalue weighted by Gasteiger charge is 2.21. The first kappa shape index (κ1) is 9.53. The van der Waals surface area contributed by atoms with Crippen LogP contribution >= 0.6 is 0 Å². The molecule has 2 aromatic rings. The monoisotopic (exact) mass is 219 g/mol. The van der Waals surface area contributed by atoms with Crippen molar-refractivity contribution in [3.8, 4) is 0 Å². The zero-order valence-corrected chi connectivity index (χ0v) is 9.05. The Morgan fingerprint density at radius 1 is 1.50 bits per heavy atom. The summed E-state index contributed by atoms with van der Waals surface area (Å²) in [5, 5.41) is 0. The fourth-order valence-corrected chi connectivity index (χ4v) is 1.89. The Kier molecular flexibility index (Phi) is 2.21. The third kappa shape index (κ3) is 1.51. The minimum absolute atomic E-state index is 0.310. The molecule has 1 N–H and O–H groups in total. The lowest BCUT2D eigenvalue weighted by atomic mass is 10.3. The lowest BCUT2D eigenvalue weighted by Gasteiger charge is -2.33. The third-order valence-corrected chi connectivity index (χ3v) is 2.79. The van der Waals surface area contributed by atoms with Crippen molar-refractivity contribution in [2.75, 3.05) is 24.7 Å². The lowest BCUT2D eigenvalue weighted by molar-refractivity contribution is 0.0981. The van der Waals surface area contributed by atoms with E-state index in [1.165, 1.54) is 0 Å². The Labute approximate surface area is 92.7 Å². The predicted octanol–water partition coefficient (Wildman–Crippen LogP) is 0.578. The van der Waals surface area contributed by atoms with Crippen molar-refractivity contribution in [3.63, 3.8) is 0 Å². The maximum Gasteiger partial charge on any atom is 0.227 e. The number of fused-ring (bicyclic) bond motifs is 1. The number of H-pyrrole nitrogens is 1. The molecule has 0 aromatic carbocycles. The summed E-state index contributed by atoms with van der Waals surface area (Å²) in [4.78, 5) is 18.0. The average molecular weight is 219 g/mol. The first-order valence-corrected chi connectivity index (χ1v) is 5.35. The molecule has 0 bridgehead atoms.